The average Bonchev–Trinajstić information content (AvgIpc) is 2.37. The van der Waals surface area contributed by atoms with E-state index in [1.54, 1.807) is 7.05 Å². The van der Waals surface area contributed by atoms with Crippen LogP contribution >= 0.6 is 0 Å². The van der Waals surface area contributed by atoms with E-state index in [1.165, 1.54) is 0 Å². The van der Waals surface area contributed by atoms with E-state index < -0.39 is 0 Å². The Kier molecular flexibility index (Phi) is 6.88. The van der Waals surface area contributed by atoms with Crippen molar-refractivity contribution in [3.8, 4) is 12.0 Å². The van der Waals surface area contributed by atoms with Crippen LogP contribution < -0.4 is 14.8 Å². The topological polar surface area (TPSA) is 78.4 Å². The molecule has 0 spiro atoms. The molecule has 0 unspecified atom stereocenters. The lowest BCUT2D eigenvalue weighted by Crippen LogP contribution is -2.13. The summed E-state index contributed by atoms with van der Waals surface area (Å²) in [5, 5.41) is 2.84. The van der Waals surface area contributed by atoms with Crippen LogP contribution in [0.25, 0.3) is 0 Å². The Morgan fingerprint density at radius 2 is 1.79 bits per heavy atom. The number of aromatic nitrogens is 3. The number of rotatable bonds is 9. The van der Waals surface area contributed by atoms with Crippen LogP contribution in [0.4, 0.5) is 5.95 Å². The predicted molar refractivity (Wildman–Crippen MR) is 71.7 cm³/mol. The lowest BCUT2D eigenvalue weighted by molar-refractivity contribution is 0.0964. The van der Waals surface area contributed by atoms with Crippen LogP contribution in [0.3, 0.4) is 0 Å². The number of hydrogen-bond acceptors (Lipinski definition) is 7. The minimum absolute atomic E-state index is 0.00663. The number of anilines is 1. The molecule has 19 heavy (non-hydrogen) atoms. The fourth-order valence-corrected chi connectivity index (χ4v) is 1.22. The summed E-state index contributed by atoms with van der Waals surface area (Å²) in [6.45, 7) is 7.50. The molecule has 0 saturated heterocycles. The largest absolute Gasteiger partial charge is 0.461 e. The zero-order valence-corrected chi connectivity index (χ0v) is 12.0. The second kappa shape index (κ2) is 8.47. The van der Waals surface area contributed by atoms with Gasteiger partial charge in [0.25, 0.3) is 0 Å². The number of ether oxygens (including phenoxy) is 3. The van der Waals surface area contributed by atoms with E-state index in [-0.39, 0.29) is 18.1 Å². The van der Waals surface area contributed by atoms with E-state index in [0.717, 1.165) is 13.0 Å². The zero-order chi connectivity index (χ0) is 14.1. The molecule has 1 heterocycles. The van der Waals surface area contributed by atoms with Gasteiger partial charge in [0.2, 0.25) is 5.95 Å². The first-order chi connectivity index (χ1) is 9.15. The summed E-state index contributed by atoms with van der Waals surface area (Å²) in [5.74, 6) is 0.412. The third kappa shape index (κ3) is 6.19. The Labute approximate surface area is 113 Å². The van der Waals surface area contributed by atoms with Crippen molar-refractivity contribution in [3.05, 3.63) is 0 Å². The Morgan fingerprint density at radius 1 is 1.05 bits per heavy atom. The van der Waals surface area contributed by atoms with Gasteiger partial charge >= 0.3 is 12.0 Å². The van der Waals surface area contributed by atoms with Crippen LogP contribution in [0.15, 0.2) is 0 Å². The van der Waals surface area contributed by atoms with Gasteiger partial charge in [-0.15, -0.1) is 4.98 Å². The zero-order valence-electron chi connectivity index (χ0n) is 12.0. The van der Waals surface area contributed by atoms with E-state index in [9.17, 15) is 0 Å². The van der Waals surface area contributed by atoms with Crippen molar-refractivity contribution in [2.75, 3.05) is 32.2 Å². The van der Waals surface area contributed by atoms with E-state index >= 15 is 0 Å². The van der Waals surface area contributed by atoms with Crippen LogP contribution in [-0.2, 0) is 4.74 Å². The van der Waals surface area contributed by atoms with Gasteiger partial charge in [0, 0.05) is 13.7 Å². The van der Waals surface area contributed by atoms with Gasteiger partial charge in [0.05, 0.1) is 12.7 Å². The van der Waals surface area contributed by atoms with E-state index in [2.05, 4.69) is 27.2 Å². The monoisotopic (exact) mass is 270 g/mol. The fourth-order valence-electron chi connectivity index (χ4n) is 1.22. The minimum atomic E-state index is -0.00663. The Hall–Kier alpha value is -1.63. The van der Waals surface area contributed by atoms with Crippen molar-refractivity contribution >= 4 is 5.95 Å². The molecule has 1 aromatic heterocycles. The van der Waals surface area contributed by atoms with Gasteiger partial charge in [0.15, 0.2) is 0 Å². The Morgan fingerprint density at radius 3 is 2.42 bits per heavy atom. The normalized spacial score (nSPS) is 10.6. The highest BCUT2D eigenvalue weighted by Gasteiger charge is 2.09. The van der Waals surface area contributed by atoms with Crippen LogP contribution in [0.1, 0.15) is 27.2 Å². The van der Waals surface area contributed by atoms with Gasteiger partial charge in [0.1, 0.15) is 6.61 Å². The molecule has 0 radical (unpaired) electrons. The highest BCUT2D eigenvalue weighted by Crippen LogP contribution is 2.13. The molecule has 1 rings (SSSR count). The van der Waals surface area contributed by atoms with Gasteiger partial charge < -0.3 is 19.5 Å². The van der Waals surface area contributed by atoms with Crippen molar-refractivity contribution < 1.29 is 14.2 Å². The molecular weight excluding hydrogens is 248 g/mol. The first-order valence-electron chi connectivity index (χ1n) is 6.46. The predicted octanol–water partition coefficient (Wildman–Crippen LogP) is 1.51. The van der Waals surface area contributed by atoms with Gasteiger partial charge in [-0.3, -0.25) is 0 Å². The molecule has 0 fully saturated rings. The first-order valence-corrected chi connectivity index (χ1v) is 6.46. The standard InChI is InChI=1S/C12H22N4O3/c1-5-6-17-7-8-18-11-14-10(13-4)15-12(16-11)19-9(2)3/h9H,5-8H2,1-4H3,(H,13,14,15,16). The first kappa shape index (κ1) is 15.4. The molecule has 0 atom stereocenters. The van der Waals surface area contributed by atoms with Gasteiger partial charge in [-0.05, 0) is 20.3 Å². The maximum atomic E-state index is 5.43. The Bertz CT molecular complexity index is 374. The molecule has 0 aromatic carbocycles. The Balaban J connectivity index is 2.55. The summed E-state index contributed by atoms with van der Waals surface area (Å²) in [6.07, 6.45) is 0.982. The van der Waals surface area contributed by atoms with Crippen LogP contribution in [-0.4, -0.2) is 47.9 Å². The van der Waals surface area contributed by atoms with Crippen molar-refractivity contribution in [3.63, 3.8) is 0 Å². The third-order valence-electron chi connectivity index (χ3n) is 1.97. The van der Waals surface area contributed by atoms with Gasteiger partial charge in [-0.1, -0.05) is 6.92 Å². The minimum Gasteiger partial charge on any atom is -0.461 e. The molecule has 1 aromatic rings. The summed E-state index contributed by atoms with van der Waals surface area (Å²) >= 11 is 0. The maximum absolute atomic E-state index is 5.43. The summed E-state index contributed by atoms with van der Waals surface area (Å²) < 4.78 is 16.2. The number of nitrogens with one attached hydrogen (secondary N) is 1. The maximum Gasteiger partial charge on any atom is 0.324 e. The summed E-state index contributed by atoms with van der Waals surface area (Å²) in [7, 11) is 1.72. The van der Waals surface area contributed by atoms with Crippen LogP contribution in [0, 0.1) is 0 Å². The second-order valence-corrected chi connectivity index (χ2v) is 4.10. The fraction of sp³-hybridized carbons (Fsp3) is 0.750. The second-order valence-electron chi connectivity index (χ2n) is 4.10. The van der Waals surface area contributed by atoms with Gasteiger partial charge in [-0.2, -0.15) is 9.97 Å². The molecule has 7 nitrogen and oxygen atoms in total. The van der Waals surface area contributed by atoms with E-state index in [4.69, 9.17) is 14.2 Å². The molecule has 0 amide bonds. The molecule has 0 aliphatic carbocycles. The van der Waals surface area contributed by atoms with Crippen molar-refractivity contribution in [2.24, 2.45) is 0 Å². The van der Waals surface area contributed by atoms with Crippen molar-refractivity contribution in [1.82, 2.24) is 15.0 Å². The molecule has 0 aliphatic heterocycles. The third-order valence-corrected chi connectivity index (χ3v) is 1.97. The summed E-state index contributed by atoms with van der Waals surface area (Å²) in [6, 6.07) is 0.480. The lowest BCUT2D eigenvalue weighted by Gasteiger charge is -2.10. The number of nitrogens with zero attached hydrogens (tertiary/aromatic N) is 3. The van der Waals surface area contributed by atoms with E-state index in [0.29, 0.717) is 19.2 Å². The molecule has 0 saturated carbocycles. The molecule has 7 heteroatoms. The summed E-state index contributed by atoms with van der Waals surface area (Å²) in [4.78, 5) is 12.2. The smallest absolute Gasteiger partial charge is 0.324 e. The molecule has 0 bridgehead atoms. The average molecular weight is 270 g/mol. The molecular formula is C12H22N4O3. The highest BCUT2D eigenvalue weighted by molar-refractivity contribution is 5.26. The molecule has 1 N–H and O–H groups in total. The molecule has 0 aliphatic rings. The van der Waals surface area contributed by atoms with Crippen LogP contribution in [0.5, 0.6) is 12.0 Å². The SMILES string of the molecule is CCCOCCOc1nc(NC)nc(OC(C)C)n1. The van der Waals surface area contributed by atoms with Gasteiger partial charge in [-0.25, -0.2) is 0 Å². The van der Waals surface area contributed by atoms with E-state index in [1.807, 2.05) is 13.8 Å². The quantitative estimate of drug-likeness (QED) is 0.681. The molecule has 108 valence electrons. The lowest BCUT2D eigenvalue weighted by atomic mass is 10.5. The number of hydrogen-bond donors (Lipinski definition) is 1. The van der Waals surface area contributed by atoms with Crippen molar-refractivity contribution in [2.45, 2.75) is 33.3 Å². The summed E-state index contributed by atoms with van der Waals surface area (Å²) in [5.41, 5.74) is 0. The van der Waals surface area contributed by atoms with Crippen LogP contribution in [0.2, 0.25) is 0 Å². The highest BCUT2D eigenvalue weighted by atomic mass is 16.5. The van der Waals surface area contributed by atoms with Crippen molar-refractivity contribution in [1.29, 1.82) is 0 Å².